The maximum atomic E-state index is 6.18. The number of aromatic nitrogens is 2. The third-order valence-corrected chi connectivity index (χ3v) is 3.70. The lowest BCUT2D eigenvalue weighted by atomic mass is 9.87. The molecule has 0 bridgehead atoms. The standard InChI is InChI=1S/C13H23N3/c1-10-4-6-11(7-5-10)16-9-15-8-12(16)13(2,3)14/h8-11H,4-7,14H2,1-3H3. The smallest absolute Gasteiger partial charge is 0.0951 e. The molecule has 0 unspecified atom stereocenters. The van der Waals surface area contributed by atoms with E-state index in [2.05, 4.69) is 16.5 Å². The highest BCUT2D eigenvalue weighted by molar-refractivity contribution is 5.11. The molecule has 0 spiro atoms. The lowest BCUT2D eigenvalue weighted by Crippen LogP contribution is -2.33. The molecule has 1 aliphatic rings. The molecule has 0 atom stereocenters. The molecule has 3 nitrogen and oxygen atoms in total. The Hall–Kier alpha value is -0.830. The van der Waals surface area contributed by atoms with Gasteiger partial charge in [-0.1, -0.05) is 6.92 Å². The first-order valence-electron chi connectivity index (χ1n) is 6.29. The zero-order valence-corrected chi connectivity index (χ0v) is 10.6. The van der Waals surface area contributed by atoms with Gasteiger partial charge < -0.3 is 10.3 Å². The summed E-state index contributed by atoms with van der Waals surface area (Å²) in [4.78, 5) is 4.27. The largest absolute Gasteiger partial charge is 0.330 e. The molecule has 1 aliphatic carbocycles. The van der Waals surface area contributed by atoms with E-state index >= 15 is 0 Å². The van der Waals surface area contributed by atoms with Gasteiger partial charge in [-0.25, -0.2) is 4.98 Å². The van der Waals surface area contributed by atoms with E-state index in [1.54, 1.807) is 0 Å². The fraction of sp³-hybridized carbons (Fsp3) is 0.769. The summed E-state index contributed by atoms with van der Waals surface area (Å²) >= 11 is 0. The monoisotopic (exact) mass is 221 g/mol. The van der Waals surface area contributed by atoms with Gasteiger partial charge in [-0.3, -0.25) is 0 Å². The van der Waals surface area contributed by atoms with E-state index in [1.165, 1.54) is 25.7 Å². The van der Waals surface area contributed by atoms with Crippen LogP contribution < -0.4 is 5.73 Å². The van der Waals surface area contributed by atoms with Crippen molar-refractivity contribution in [2.24, 2.45) is 11.7 Å². The number of hydrogen-bond donors (Lipinski definition) is 1. The van der Waals surface area contributed by atoms with Crippen LogP contribution in [0.5, 0.6) is 0 Å². The molecule has 1 heterocycles. The number of rotatable bonds is 2. The van der Waals surface area contributed by atoms with Gasteiger partial charge >= 0.3 is 0 Å². The van der Waals surface area contributed by atoms with Crippen LogP contribution in [0.4, 0.5) is 0 Å². The van der Waals surface area contributed by atoms with Gasteiger partial charge in [0.15, 0.2) is 0 Å². The molecule has 1 fully saturated rings. The lowest BCUT2D eigenvalue weighted by molar-refractivity contribution is 0.278. The van der Waals surface area contributed by atoms with Crippen LogP contribution in [0, 0.1) is 5.92 Å². The maximum Gasteiger partial charge on any atom is 0.0951 e. The summed E-state index contributed by atoms with van der Waals surface area (Å²) in [6.07, 6.45) is 9.05. The van der Waals surface area contributed by atoms with E-state index in [0.717, 1.165) is 11.6 Å². The molecule has 2 rings (SSSR count). The summed E-state index contributed by atoms with van der Waals surface area (Å²) in [6, 6.07) is 0.608. The predicted octanol–water partition coefficient (Wildman–Crippen LogP) is 2.83. The van der Waals surface area contributed by atoms with E-state index in [9.17, 15) is 0 Å². The zero-order valence-electron chi connectivity index (χ0n) is 10.6. The van der Waals surface area contributed by atoms with E-state index in [1.807, 2.05) is 26.4 Å². The van der Waals surface area contributed by atoms with Crippen molar-refractivity contribution in [1.82, 2.24) is 9.55 Å². The third-order valence-electron chi connectivity index (χ3n) is 3.70. The molecule has 0 saturated heterocycles. The molecule has 90 valence electrons. The van der Waals surface area contributed by atoms with Crippen molar-refractivity contribution in [3.63, 3.8) is 0 Å². The van der Waals surface area contributed by atoms with Crippen LogP contribution in [0.1, 0.15) is 58.2 Å². The minimum absolute atomic E-state index is 0.292. The lowest BCUT2D eigenvalue weighted by Gasteiger charge is -2.31. The maximum absolute atomic E-state index is 6.18. The number of nitrogens with zero attached hydrogens (tertiary/aromatic N) is 2. The molecule has 0 aliphatic heterocycles. The molecule has 1 aromatic heterocycles. The first-order valence-corrected chi connectivity index (χ1v) is 6.29. The van der Waals surface area contributed by atoms with E-state index in [4.69, 9.17) is 5.73 Å². The van der Waals surface area contributed by atoms with Gasteiger partial charge in [-0.05, 0) is 45.4 Å². The van der Waals surface area contributed by atoms with Crippen LogP contribution in [0.25, 0.3) is 0 Å². The molecule has 1 aromatic rings. The molecule has 1 saturated carbocycles. The molecule has 0 radical (unpaired) electrons. The number of imidazole rings is 1. The van der Waals surface area contributed by atoms with Crippen LogP contribution in [0.3, 0.4) is 0 Å². The summed E-state index contributed by atoms with van der Waals surface area (Å²) in [5.74, 6) is 0.883. The molecule has 0 aromatic carbocycles. The molecular weight excluding hydrogens is 198 g/mol. The van der Waals surface area contributed by atoms with Crippen molar-refractivity contribution in [3.8, 4) is 0 Å². The number of nitrogens with two attached hydrogens (primary N) is 1. The highest BCUT2D eigenvalue weighted by Gasteiger charge is 2.25. The van der Waals surface area contributed by atoms with Gasteiger partial charge in [-0.15, -0.1) is 0 Å². The van der Waals surface area contributed by atoms with Gasteiger partial charge in [-0.2, -0.15) is 0 Å². The van der Waals surface area contributed by atoms with Gasteiger partial charge in [0.25, 0.3) is 0 Å². The summed E-state index contributed by atoms with van der Waals surface area (Å²) in [5, 5.41) is 0. The first-order chi connectivity index (χ1) is 7.48. The second-order valence-electron chi connectivity index (χ2n) is 5.82. The highest BCUT2D eigenvalue weighted by Crippen LogP contribution is 2.33. The van der Waals surface area contributed by atoms with Gasteiger partial charge in [0.05, 0.1) is 17.6 Å². The first kappa shape index (κ1) is 11.6. The van der Waals surface area contributed by atoms with Gasteiger partial charge in [0.2, 0.25) is 0 Å². The van der Waals surface area contributed by atoms with Crippen LogP contribution >= 0.6 is 0 Å². The highest BCUT2D eigenvalue weighted by atomic mass is 15.1. The van der Waals surface area contributed by atoms with Crippen molar-refractivity contribution in [2.45, 2.75) is 58.0 Å². The Bertz CT molecular complexity index is 340. The Morgan fingerprint density at radius 3 is 2.50 bits per heavy atom. The second kappa shape index (κ2) is 4.21. The van der Waals surface area contributed by atoms with E-state index in [-0.39, 0.29) is 5.54 Å². The quantitative estimate of drug-likeness (QED) is 0.834. The predicted molar refractivity (Wildman–Crippen MR) is 66.1 cm³/mol. The molecule has 2 N–H and O–H groups in total. The Balaban J connectivity index is 2.18. The minimum atomic E-state index is -0.292. The van der Waals surface area contributed by atoms with Gasteiger partial charge in [0.1, 0.15) is 0 Å². The zero-order chi connectivity index (χ0) is 11.8. The van der Waals surface area contributed by atoms with Crippen molar-refractivity contribution < 1.29 is 0 Å². The summed E-state index contributed by atoms with van der Waals surface area (Å²) in [5.41, 5.74) is 7.04. The average Bonchev–Trinajstić information content (AvgIpc) is 2.66. The molecule has 0 amide bonds. The van der Waals surface area contributed by atoms with E-state index < -0.39 is 0 Å². The van der Waals surface area contributed by atoms with Crippen molar-refractivity contribution in [1.29, 1.82) is 0 Å². The second-order valence-corrected chi connectivity index (χ2v) is 5.82. The summed E-state index contributed by atoms with van der Waals surface area (Å²) in [7, 11) is 0. The topological polar surface area (TPSA) is 43.8 Å². The van der Waals surface area contributed by atoms with E-state index in [0.29, 0.717) is 6.04 Å². The minimum Gasteiger partial charge on any atom is -0.330 e. The van der Waals surface area contributed by atoms with Crippen molar-refractivity contribution in [3.05, 3.63) is 18.2 Å². The van der Waals surface area contributed by atoms with Crippen LogP contribution in [-0.2, 0) is 5.54 Å². The van der Waals surface area contributed by atoms with Crippen molar-refractivity contribution >= 4 is 0 Å². The Morgan fingerprint density at radius 1 is 1.31 bits per heavy atom. The molecule has 16 heavy (non-hydrogen) atoms. The third kappa shape index (κ3) is 2.29. The fourth-order valence-corrected chi connectivity index (χ4v) is 2.62. The molecule has 3 heteroatoms. The number of hydrogen-bond acceptors (Lipinski definition) is 2. The van der Waals surface area contributed by atoms with Gasteiger partial charge in [0, 0.05) is 12.2 Å². The normalized spacial score (nSPS) is 27.0. The Kier molecular flexibility index (Phi) is 3.06. The van der Waals surface area contributed by atoms with Crippen LogP contribution in [0.15, 0.2) is 12.5 Å². The van der Waals surface area contributed by atoms with Crippen molar-refractivity contribution in [2.75, 3.05) is 0 Å². The van der Waals surface area contributed by atoms with Crippen LogP contribution in [0.2, 0.25) is 0 Å². The Labute approximate surface area is 98.1 Å². The SMILES string of the molecule is CC1CCC(n2cncc2C(C)(C)N)CC1. The average molecular weight is 221 g/mol. The fourth-order valence-electron chi connectivity index (χ4n) is 2.62. The van der Waals surface area contributed by atoms with Crippen LogP contribution in [-0.4, -0.2) is 9.55 Å². The molecular formula is C13H23N3. The summed E-state index contributed by atoms with van der Waals surface area (Å²) < 4.78 is 2.30. The summed E-state index contributed by atoms with van der Waals surface area (Å²) in [6.45, 7) is 6.44. The Morgan fingerprint density at radius 2 is 1.94 bits per heavy atom.